The molecule has 5 rings (SSSR count). The third kappa shape index (κ3) is 5.83. The maximum Gasteiger partial charge on any atom is 0.295 e. The SMILES string of the molecule is O=C1C(=O)N(CCN2CCOCC2)C(c2cccc(Br)c2)/C1=C(\O)c1ccc(OCc2ccccc2)cc1. The van der Waals surface area contributed by atoms with Crippen LogP contribution in [0.2, 0.25) is 0 Å². The first-order valence-electron chi connectivity index (χ1n) is 12.6. The minimum atomic E-state index is -0.692. The van der Waals surface area contributed by atoms with Crippen LogP contribution in [0.1, 0.15) is 22.7 Å². The molecule has 2 aliphatic heterocycles. The van der Waals surface area contributed by atoms with Crippen molar-refractivity contribution in [3.8, 4) is 5.75 Å². The Kier molecular flexibility index (Phi) is 8.22. The van der Waals surface area contributed by atoms with Crippen molar-refractivity contribution in [2.45, 2.75) is 12.6 Å². The van der Waals surface area contributed by atoms with Crippen LogP contribution in [0.3, 0.4) is 0 Å². The molecule has 2 saturated heterocycles. The maximum atomic E-state index is 13.3. The largest absolute Gasteiger partial charge is 0.507 e. The van der Waals surface area contributed by atoms with Gasteiger partial charge >= 0.3 is 0 Å². The van der Waals surface area contributed by atoms with Crippen molar-refractivity contribution < 1.29 is 24.2 Å². The molecule has 1 atom stereocenters. The lowest BCUT2D eigenvalue weighted by molar-refractivity contribution is -0.140. The van der Waals surface area contributed by atoms with Gasteiger partial charge in [-0.1, -0.05) is 58.4 Å². The van der Waals surface area contributed by atoms with Gasteiger partial charge in [-0.15, -0.1) is 0 Å². The maximum absolute atomic E-state index is 13.3. The average molecular weight is 577 g/mol. The number of aliphatic hydroxyl groups is 1. The predicted octanol–water partition coefficient (Wildman–Crippen LogP) is 4.78. The van der Waals surface area contributed by atoms with Gasteiger partial charge in [0.15, 0.2) is 0 Å². The van der Waals surface area contributed by atoms with Crippen LogP contribution < -0.4 is 4.74 Å². The van der Waals surface area contributed by atoms with Crippen molar-refractivity contribution >= 4 is 33.4 Å². The Morgan fingerprint density at radius 3 is 2.39 bits per heavy atom. The summed E-state index contributed by atoms with van der Waals surface area (Å²) in [5, 5.41) is 11.3. The standard InChI is InChI=1S/C30H29BrN2O5/c31-24-8-4-7-23(19-24)27-26(29(35)30(36)33(27)14-13-32-15-17-37-18-16-32)28(34)22-9-11-25(12-10-22)38-20-21-5-2-1-3-6-21/h1-12,19,27,34H,13-18,20H2/b28-26+. The molecule has 38 heavy (non-hydrogen) atoms. The predicted molar refractivity (Wildman–Crippen MR) is 148 cm³/mol. The summed E-state index contributed by atoms with van der Waals surface area (Å²) in [7, 11) is 0. The van der Waals surface area contributed by atoms with Crippen LogP contribution in [0, 0.1) is 0 Å². The van der Waals surface area contributed by atoms with Gasteiger partial charge in [0.2, 0.25) is 0 Å². The van der Waals surface area contributed by atoms with Gasteiger partial charge < -0.3 is 19.5 Å². The normalized spacial score (nSPS) is 19.6. The highest BCUT2D eigenvalue weighted by Gasteiger charge is 2.46. The van der Waals surface area contributed by atoms with Gasteiger partial charge in [0.1, 0.15) is 18.1 Å². The van der Waals surface area contributed by atoms with E-state index in [2.05, 4.69) is 20.8 Å². The number of hydrogen-bond donors (Lipinski definition) is 1. The molecule has 2 aliphatic rings. The van der Waals surface area contributed by atoms with E-state index in [1.807, 2.05) is 54.6 Å². The molecule has 3 aromatic carbocycles. The summed E-state index contributed by atoms with van der Waals surface area (Å²) in [6.07, 6.45) is 0. The number of benzene rings is 3. The fourth-order valence-electron chi connectivity index (χ4n) is 4.81. The highest BCUT2D eigenvalue weighted by molar-refractivity contribution is 9.10. The fraction of sp³-hybridized carbons (Fsp3) is 0.267. The Morgan fingerprint density at radius 1 is 0.947 bits per heavy atom. The molecule has 2 heterocycles. The number of amides is 1. The third-order valence-electron chi connectivity index (χ3n) is 6.84. The molecule has 0 spiro atoms. The minimum Gasteiger partial charge on any atom is -0.507 e. The van der Waals surface area contributed by atoms with E-state index in [-0.39, 0.29) is 11.3 Å². The van der Waals surface area contributed by atoms with Crippen molar-refractivity contribution in [2.75, 3.05) is 39.4 Å². The number of nitrogens with zero attached hydrogens (tertiary/aromatic N) is 2. The van der Waals surface area contributed by atoms with Crippen LogP contribution in [-0.2, 0) is 20.9 Å². The van der Waals surface area contributed by atoms with E-state index in [0.717, 1.165) is 28.7 Å². The first-order chi connectivity index (χ1) is 18.5. The average Bonchev–Trinajstić information content (AvgIpc) is 3.21. The molecule has 0 bridgehead atoms. The second kappa shape index (κ2) is 11.9. The van der Waals surface area contributed by atoms with E-state index in [1.165, 1.54) is 0 Å². The highest BCUT2D eigenvalue weighted by atomic mass is 79.9. The van der Waals surface area contributed by atoms with Crippen LogP contribution in [-0.4, -0.2) is 66.0 Å². The van der Waals surface area contributed by atoms with Crippen molar-refractivity contribution in [1.29, 1.82) is 0 Å². The molecule has 0 aromatic heterocycles. The Labute approximate surface area is 230 Å². The highest BCUT2D eigenvalue weighted by Crippen LogP contribution is 2.40. The van der Waals surface area contributed by atoms with Crippen LogP contribution >= 0.6 is 15.9 Å². The molecular formula is C30H29BrN2O5. The Bertz CT molecular complexity index is 1320. The van der Waals surface area contributed by atoms with Crippen molar-refractivity contribution in [1.82, 2.24) is 9.80 Å². The lowest BCUT2D eigenvalue weighted by Crippen LogP contribution is -2.42. The van der Waals surface area contributed by atoms with E-state index >= 15 is 0 Å². The number of aliphatic hydroxyl groups excluding tert-OH is 1. The Hall–Kier alpha value is -3.46. The van der Waals surface area contributed by atoms with E-state index in [1.54, 1.807) is 29.2 Å². The lowest BCUT2D eigenvalue weighted by atomic mass is 9.95. The molecule has 1 unspecified atom stereocenters. The summed E-state index contributed by atoms with van der Waals surface area (Å²) >= 11 is 3.50. The van der Waals surface area contributed by atoms with Crippen molar-refractivity contribution in [3.05, 3.63) is 106 Å². The Balaban J connectivity index is 1.42. The van der Waals surface area contributed by atoms with E-state index in [4.69, 9.17) is 9.47 Å². The van der Waals surface area contributed by atoms with Gasteiger partial charge in [0, 0.05) is 36.2 Å². The van der Waals surface area contributed by atoms with Crippen LogP contribution in [0.15, 0.2) is 88.9 Å². The van der Waals surface area contributed by atoms with Gasteiger partial charge in [-0.05, 0) is 47.5 Å². The molecule has 0 saturated carbocycles. The molecule has 0 radical (unpaired) electrons. The van der Waals surface area contributed by atoms with Gasteiger partial charge in [0.25, 0.3) is 11.7 Å². The number of hydrogen-bond acceptors (Lipinski definition) is 6. The summed E-state index contributed by atoms with van der Waals surface area (Å²) in [4.78, 5) is 30.3. The number of carbonyl (C=O) groups is 2. The number of halogens is 1. The molecule has 8 heteroatoms. The summed E-state index contributed by atoms with van der Waals surface area (Å²) in [6, 6.07) is 23.6. The Morgan fingerprint density at radius 2 is 1.68 bits per heavy atom. The molecule has 1 N–H and O–H groups in total. The summed E-state index contributed by atoms with van der Waals surface area (Å²) in [6.45, 7) is 4.27. The van der Waals surface area contributed by atoms with Crippen LogP contribution in [0.5, 0.6) is 5.75 Å². The smallest absolute Gasteiger partial charge is 0.295 e. The van der Waals surface area contributed by atoms with Gasteiger partial charge in [-0.25, -0.2) is 0 Å². The van der Waals surface area contributed by atoms with Crippen molar-refractivity contribution in [3.63, 3.8) is 0 Å². The monoisotopic (exact) mass is 576 g/mol. The van der Waals surface area contributed by atoms with Gasteiger partial charge in [-0.2, -0.15) is 0 Å². The number of Topliss-reactive ketones (excluding diaryl/α,β-unsaturated/α-hetero) is 1. The first-order valence-corrected chi connectivity index (χ1v) is 13.4. The second-order valence-corrected chi connectivity index (χ2v) is 10.2. The van der Waals surface area contributed by atoms with Crippen molar-refractivity contribution in [2.24, 2.45) is 0 Å². The number of rotatable bonds is 8. The molecule has 0 aliphatic carbocycles. The molecule has 7 nitrogen and oxygen atoms in total. The zero-order valence-corrected chi connectivity index (χ0v) is 22.5. The summed E-state index contributed by atoms with van der Waals surface area (Å²) < 4.78 is 12.1. The van der Waals surface area contributed by atoms with Gasteiger partial charge in [-0.3, -0.25) is 14.5 Å². The van der Waals surface area contributed by atoms with Gasteiger partial charge in [0.05, 0.1) is 24.8 Å². The number of likely N-dealkylation sites (tertiary alicyclic amines) is 1. The molecule has 1 amide bonds. The molecular weight excluding hydrogens is 548 g/mol. The molecule has 2 fully saturated rings. The summed E-state index contributed by atoms with van der Waals surface area (Å²) in [5.41, 5.74) is 2.34. The zero-order valence-electron chi connectivity index (χ0n) is 20.9. The zero-order chi connectivity index (χ0) is 26.5. The molecule has 3 aromatic rings. The third-order valence-corrected chi connectivity index (χ3v) is 7.33. The minimum absolute atomic E-state index is 0.0908. The first kappa shape index (κ1) is 26.2. The number of ketones is 1. The summed E-state index contributed by atoms with van der Waals surface area (Å²) in [5.74, 6) is -0.844. The number of ether oxygens (including phenoxy) is 2. The van der Waals surface area contributed by atoms with E-state index in [0.29, 0.717) is 44.2 Å². The lowest BCUT2D eigenvalue weighted by Gasteiger charge is -2.31. The van der Waals surface area contributed by atoms with E-state index in [9.17, 15) is 14.7 Å². The second-order valence-electron chi connectivity index (χ2n) is 9.30. The molecule has 196 valence electrons. The van der Waals surface area contributed by atoms with E-state index < -0.39 is 17.7 Å². The quantitative estimate of drug-likeness (QED) is 0.236. The topological polar surface area (TPSA) is 79.3 Å². The number of morpholine rings is 1. The number of carbonyl (C=O) groups excluding carboxylic acids is 2. The van der Waals surface area contributed by atoms with Crippen LogP contribution in [0.4, 0.5) is 0 Å². The fourth-order valence-corrected chi connectivity index (χ4v) is 5.23. The van der Waals surface area contributed by atoms with Crippen LogP contribution in [0.25, 0.3) is 5.76 Å².